The van der Waals surface area contributed by atoms with Gasteiger partial charge in [-0.2, -0.15) is 0 Å². The molecule has 0 aromatic carbocycles. The Morgan fingerprint density at radius 1 is 1.25 bits per heavy atom. The minimum atomic E-state index is 0.780. The number of rotatable bonds is 5. The number of hydrogen-bond acceptors (Lipinski definition) is 5. The average molecular weight is 291 g/mol. The summed E-state index contributed by atoms with van der Waals surface area (Å²) in [6.07, 6.45) is 5.97. The molecule has 0 aliphatic heterocycles. The summed E-state index contributed by atoms with van der Waals surface area (Å²) in [4.78, 5) is 11.9. The lowest BCUT2D eigenvalue weighted by atomic mass is 9.97. The van der Waals surface area contributed by atoms with E-state index in [9.17, 15) is 0 Å². The topological polar surface area (TPSA) is 47.0 Å². The first-order chi connectivity index (χ1) is 9.79. The van der Waals surface area contributed by atoms with Gasteiger partial charge in [-0.15, -0.1) is 11.3 Å². The van der Waals surface area contributed by atoms with Crippen molar-refractivity contribution in [2.75, 3.05) is 25.6 Å². The first kappa shape index (κ1) is 13.8. The van der Waals surface area contributed by atoms with Gasteiger partial charge >= 0.3 is 0 Å². The van der Waals surface area contributed by atoms with Crippen LogP contribution < -0.4 is 5.32 Å². The van der Waals surface area contributed by atoms with Gasteiger partial charge in [0, 0.05) is 25.1 Å². The molecule has 5 heteroatoms. The summed E-state index contributed by atoms with van der Waals surface area (Å²) >= 11 is 1.86. The van der Waals surface area contributed by atoms with Crippen molar-refractivity contribution in [3.05, 3.63) is 16.3 Å². The fourth-order valence-electron chi connectivity index (χ4n) is 2.82. The Hall–Kier alpha value is -1.20. The standard InChI is InChI=1S/C15H21N3OS/c1-10-17-14(16-8-5-9-19-2)13-11-6-3-4-7-12(11)20-15(13)18-10/h3-9H2,1-2H3,(H,16,17,18). The fourth-order valence-corrected chi connectivity index (χ4v) is 4.12. The van der Waals surface area contributed by atoms with Crippen LogP contribution in [0.4, 0.5) is 5.82 Å². The molecule has 4 nitrogen and oxygen atoms in total. The van der Waals surface area contributed by atoms with Crippen LogP contribution in [0.5, 0.6) is 0 Å². The van der Waals surface area contributed by atoms with Crippen LogP contribution >= 0.6 is 11.3 Å². The van der Waals surface area contributed by atoms with Crippen molar-refractivity contribution in [3.8, 4) is 0 Å². The average Bonchev–Trinajstić information content (AvgIpc) is 2.81. The molecule has 0 bridgehead atoms. The lowest BCUT2D eigenvalue weighted by Gasteiger charge is -2.12. The van der Waals surface area contributed by atoms with Crippen LogP contribution in [0.25, 0.3) is 10.2 Å². The van der Waals surface area contributed by atoms with Crippen LogP contribution in [0.3, 0.4) is 0 Å². The van der Waals surface area contributed by atoms with Gasteiger partial charge in [0.1, 0.15) is 16.5 Å². The molecule has 2 aromatic rings. The summed E-state index contributed by atoms with van der Waals surface area (Å²) in [5.41, 5.74) is 1.49. The van der Waals surface area contributed by atoms with E-state index in [0.717, 1.165) is 36.0 Å². The number of ether oxygens (including phenoxy) is 1. The Kier molecular flexibility index (Phi) is 4.17. The first-order valence-electron chi connectivity index (χ1n) is 7.31. The lowest BCUT2D eigenvalue weighted by molar-refractivity contribution is 0.198. The number of nitrogens with one attached hydrogen (secondary N) is 1. The zero-order chi connectivity index (χ0) is 13.9. The van der Waals surface area contributed by atoms with E-state index in [0.29, 0.717) is 0 Å². The smallest absolute Gasteiger partial charge is 0.138 e. The van der Waals surface area contributed by atoms with E-state index in [-0.39, 0.29) is 0 Å². The molecule has 0 unspecified atom stereocenters. The van der Waals surface area contributed by atoms with E-state index in [2.05, 4.69) is 15.3 Å². The van der Waals surface area contributed by atoms with Crippen LogP contribution in [-0.2, 0) is 17.6 Å². The SMILES string of the molecule is COCCCNc1nc(C)nc2sc3c(c12)CCCC3. The Bertz CT molecular complexity index is 609. The third-order valence-electron chi connectivity index (χ3n) is 3.74. The van der Waals surface area contributed by atoms with Crippen LogP contribution in [0.1, 0.15) is 35.5 Å². The second kappa shape index (κ2) is 6.06. The van der Waals surface area contributed by atoms with Gasteiger partial charge in [0.25, 0.3) is 0 Å². The van der Waals surface area contributed by atoms with Gasteiger partial charge in [0.15, 0.2) is 0 Å². The highest BCUT2D eigenvalue weighted by Crippen LogP contribution is 2.38. The molecule has 3 rings (SSSR count). The fraction of sp³-hybridized carbons (Fsp3) is 0.600. The molecule has 0 radical (unpaired) electrons. The molecule has 2 heterocycles. The second-order valence-corrected chi connectivity index (χ2v) is 6.37. The van der Waals surface area contributed by atoms with Gasteiger partial charge < -0.3 is 10.1 Å². The molecule has 0 saturated carbocycles. The Morgan fingerprint density at radius 2 is 2.10 bits per heavy atom. The van der Waals surface area contributed by atoms with Gasteiger partial charge in [-0.05, 0) is 44.6 Å². The number of hydrogen-bond donors (Lipinski definition) is 1. The second-order valence-electron chi connectivity index (χ2n) is 5.28. The summed E-state index contributed by atoms with van der Waals surface area (Å²) < 4.78 is 5.10. The number of thiophene rings is 1. The zero-order valence-corrected chi connectivity index (χ0v) is 13.0. The Morgan fingerprint density at radius 3 is 2.95 bits per heavy atom. The molecule has 0 atom stereocenters. The normalized spacial score (nSPS) is 14.5. The highest BCUT2D eigenvalue weighted by molar-refractivity contribution is 7.19. The van der Waals surface area contributed by atoms with Crippen LogP contribution in [0.2, 0.25) is 0 Å². The maximum Gasteiger partial charge on any atom is 0.138 e. The molecule has 1 aliphatic rings. The van der Waals surface area contributed by atoms with Crippen LogP contribution in [0.15, 0.2) is 0 Å². The van der Waals surface area contributed by atoms with Crippen LogP contribution in [-0.4, -0.2) is 30.2 Å². The quantitative estimate of drug-likeness (QED) is 0.858. The van der Waals surface area contributed by atoms with E-state index in [1.54, 1.807) is 7.11 Å². The minimum absolute atomic E-state index is 0.780. The molecule has 0 fully saturated rings. The van der Waals surface area contributed by atoms with Gasteiger partial charge in [-0.25, -0.2) is 9.97 Å². The van der Waals surface area contributed by atoms with Crippen molar-refractivity contribution >= 4 is 27.4 Å². The van der Waals surface area contributed by atoms with E-state index >= 15 is 0 Å². The molecule has 2 aromatic heterocycles. The highest BCUT2D eigenvalue weighted by atomic mass is 32.1. The highest BCUT2D eigenvalue weighted by Gasteiger charge is 2.20. The van der Waals surface area contributed by atoms with Gasteiger partial charge in [-0.3, -0.25) is 0 Å². The maximum absolute atomic E-state index is 5.10. The monoisotopic (exact) mass is 291 g/mol. The van der Waals surface area contributed by atoms with Crippen molar-refractivity contribution in [1.29, 1.82) is 0 Å². The third kappa shape index (κ3) is 2.65. The molecule has 0 spiro atoms. The number of aryl methyl sites for hydroxylation is 3. The van der Waals surface area contributed by atoms with E-state index < -0.39 is 0 Å². The van der Waals surface area contributed by atoms with E-state index in [4.69, 9.17) is 4.74 Å². The molecule has 1 N–H and O–H groups in total. The number of methoxy groups -OCH3 is 1. The third-order valence-corrected chi connectivity index (χ3v) is 4.93. The summed E-state index contributed by atoms with van der Waals surface area (Å²) in [6.45, 7) is 3.64. The summed E-state index contributed by atoms with van der Waals surface area (Å²) in [7, 11) is 1.74. The van der Waals surface area contributed by atoms with Crippen LogP contribution in [0, 0.1) is 6.92 Å². The van der Waals surface area contributed by atoms with Gasteiger partial charge in [-0.1, -0.05) is 0 Å². The summed E-state index contributed by atoms with van der Waals surface area (Å²) in [5, 5.41) is 4.75. The summed E-state index contributed by atoms with van der Waals surface area (Å²) in [5.74, 6) is 1.87. The predicted molar refractivity (Wildman–Crippen MR) is 83.8 cm³/mol. The number of fused-ring (bicyclic) bond motifs is 3. The van der Waals surface area contributed by atoms with Crippen molar-refractivity contribution in [3.63, 3.8) is 0 Å². The summed E-state index contributed by atoms with van der Waals surface area (Å²) in [6, 6.07) is 0. The molecular formula is C15H21N3OS. The van der Waals surface area contributed by atoms with Crippen molar-refractivity contribution in [2.45, 2.75) is 39.0 Å². The molecule has 0 amide bonds. The van der Waals surface area contributed by atoms with E-state index in [1.165, 1.54) is 41.5 Å². The molecule has 108 valence electrons. The molecule has 20 heavy (non-hydrogen) atoms. The first-order valence-corrected chi connectivity index (χ1v) is 8.13. The number of nitrogens with zero attached hydrogens (tertiary/aromatic N) is 2. The zero-order valence-electron chi connectivity index (χ0n) is 12.2. The van der Waals surface area contributed by atoms with Gasteiger partial charge in [0.2, 0.25) is 0 Å². The Balaban J connectivity index is 1.94. The molecule has 0 saturated heterocycles. The van der Waals surface area contributed by atoms with E-state index in [1.807, 2.05) is 18.3 Å². The largest absolute Gasteiger partial charge is 0.385 e. The minimum Gasteiger partial charge on any atom is -0.385 e. The van der Waals surface area contributed by atoms with Crippen molar-refractivity contribution in [1.82, 2.24) is 9.97 Å². The van der Waals surface area contributed by atoms with Crippen molar-refractivity contribution in [2.24, 2.45) is 0 Å². The molecule has 1 aliphatic carbocycles. The Labute approximate surface area is 123 Å². The predicted octanol–water partition coefficient (Wildman–Crippen LogP) is 3.33. The number of aromatic nitrogens is 2. The number of anilines is 1. The molecular weight excluding hydrogens is 270 g/mol. The lowest BCUT2D eigenvalue weighted by Crippen LogP contribution is -2.08. The maximum atomic E-state index is 5.10. The van der Waals surface area contributed by atoms with Gasteiger partial charge in [0.05, 0.1) is 5.39 Å². The van der Waals surface area contributed by atoms with Crippen molar-refractivity contribution < 1.29 is 4.74 Å².